The van der Waals surface area contributed by atoms with E-state index in [2.05, 4.69) is 15.9 Å². The second-order valence-electron chi connectivity index (χ2n) is 2.50. The number of nitrogens with zero attached hydrogens (tertiary/aromatic N) is 2. The smallest absolute Gasteiger partial charge is 0.223 e. The number of carbonyl (C=O) groups is 1. The lowest BCUT2D eigenvalue weighted by molar-refractivity contribution is -0.117. The quantitative estimate of drug-likeness (QED) is 0.653. The summed E-state index contributed by atoms with van der Waals surface area (Å²) in [5.74, 6) is 2.38. The van der Waals surface area contributed by atoms with Crippen molar-refractivity contribution < 1.29 is 9.53 Å². The van der Waals surface area contributed by atoms with E-state index in [0.717, 1.165) is 0 Å². The van der Waals surface area contributed by atoms with E-state index in [9.17, 15) is 4.79 Å². The van der Waals surface area contributed by atoms with Crippen LogP contribution < -0.4 is 10.5 Å². The number of nitrogens with two attached hydrogens (primary N) is 1. The Balaban J connectivity index is 3.09. The number of carbonyl (C=O) groups excluding carboxylic acids is 1. The summed E-state index contributed by atoms with van der Waals surface area (Å²) in [7, 11) is 1.46. The van der Waals surface area contributed by atoms with Gasteiger partial charge in [-0.1, -0.05) is 0 Å². The van der Waals surface area contributed by atoms with Crippen LogP contribution in [0.5, 0.6) is 5.75 Å². The number of hydrogen-bond donors (Lipinski definition) is 1. The molecule has 5 nitrogen and oxygen atoms in total. The van der Waals surface area contributed by atoms with Crippen molar-refractivity contribution >= 4 is 5.91 Å². The van der Waals surface area contributed by atoms with Crippen LogP contribution in [0.25, 0.3) is 0 Å². The molecule has 0 spiro atoms. The summed E-state index contributed by atoms with van der Waals surface area (Å²) < 4.78 is 4.94. The molecule has 0 aliphatic rings. The van der Waals surface area contributed by atoms with E-state index in [-0.39, 0.29) is 12.2 Å². The minimum Gasteiger partial charge on any atom is -0.493 e. The molecule has 0 radical (unpaired) electrons. The molecule has 0 atom stereocenters. The van der Waals surface area contributed by atoms with Crippen molar-refractivity contribution in [3.63, 3.8) is 0 Å². The monoisotopic (exact) mass is 191 g/mol. The first kappa shape index (κ1) is 9.99. The Kier molecular flexibility index (Phi) is 3.02. The van der Waals surface area contributed by atoms with Gasteiger partial charge in [-0.3, -0.25) is 4.79 Å². The highest BCUT2D eigenvalue weighted by Crippen LogP contribution is 2.14. The van der Waals surface area contributed by atoms with Crippen molar-refractivity contribution in [1.82, 2.24) is 9.97 Å². The summed E-state index contributed by atoms with van der Waals surface area (Å²) in [5, 5.41) is 0. The topological polar surface area (TPSA) is 78.1 Å². The summed E-state index contributed by atoms with van der Waals surface area (Å²) in [6, 6.07) is 0. The summed E-state index contributed by atoms with van der Waals surface area (Å²) in [5.41, 5.74) is 5.44. The van der Waals surface area contributed by atoms with E-state index < -0.39 is 5.91 Å². The van der Waals surface area contributed by atoms with Crippen LogP contribution >= 0.6 is 0 Å². The van der Waals surface area contributed by atoms with Crippen molar-refractivity contribution in [2.75, 3.05) is 7.11 Å². The van der Waals surface area contributed by atoms with Gasteiger partial charge in [0.1, 0.15) is 0 Å². The number of aromatic nitrogens is 2. The van der Waals surface area contributed by atoms with E-state index >= 15 is 0 Å². The molecule has 2 N–H and O–H groups in total. The molecule has 0 aliphatic heterocycles. The molecule has 5 heteroatoms. The van der Waals surface area contributed by atoms with Crippen LogP contribution in [0.3, 0.4) is 0 Å². The summed E-state index contributed by atoms with van der Waals surface area (Å²) in [4.78, 5) is 18.4. The Morgan fingerprint density at radius 3 is 3.00 bits per heavy atom. The molecule has 72 valence electrons. The highest BCUT2D eigenvalue weighted by Gasteiger charge is 2.09. The Morgan fingerprint density at radius 2 is 2.50 bits per heavy atom. The fraction of sp³-hybridized carbons (Fsp3) is 0.222. The van der Waals surface area contributed by atoms with Gasteiger partial charge in [0.15, 0.2) is 5.75 Å². The molecule has 0 fully saturated rings. The van der Waals surface area contributed by atoms with Crippen LogP contribution in [0.2, 0.25) is 0 Å². The largest absolute Gasteiger partial charge is 0.493 e. The second kappa shape index (κ2) is 4.23. The molecule has 0 saturated carbocycles. The Bertz CT molecular complexity index is 396. The lowest BCUT2D eigenvalue weighted by atomic mass is 10.2. The zero-order valence-electron chi connectivity index (χ0n) is 7.65. The molecule has 1 amide bonds. The van der Waals surface area contributed by atoms with Gasteiger partial charge in [0, 0.05) is 0 Å². The number of hydrogen-bond acceptors (Lipinski definition) is 4. The lowest BCUT2D eigenvalue weighted by Crippen LogP contribution is -2.16. The van der Waals surface area contributed by atoms with Crippen LogP contribution in [0, 0.1) is 12.3 Å². The van der Waals surface area contributed by atoms with Gasteiger partial charge in [0.2, 0.25) is 11.7 Å². The molecule has 0 aromatic carbocycles. The number of terminal acetylenes is 1. The van der Waals surface area contributed by atoms with Crippen molar-refractivity contribution in [3.8, 4) is 18.1 Å². The van der Waals surface area contributed by atoms with E-state index in [1.165, 1.54) is 13.3 Å². The normalized spacial score (nSPS) is 9.14. The third-order valence-electron chi connectivity index (χ3n) is 1.52. The molecule has 1 aromatic rings. The molecule has 0 bridgehead atoms. The first-order chi connectivity index (χ1) is 6.67. The Morgan fingerprint density at radius 1 is 1.79 bits per heavy atom. The number of rotatable bonds is 3. The number of primary amides is 1. The summed E-state index contributed by atoms with van der Waals surface area (Å²) in [6.07, 6.45) is 6.51. The van der Waals surface area contributed by atoms with Crippen LogP contribution in [0.1, 0.15) is 11.5 Å². The predicted molar refractivity (Wildman–Crippen MR) is 49.4 cm³/mol. The van der Waals surface area contributed by atoms with Gasteiger partial charge >= 0.3 is 0 Å². The minimum absolute atomic E-state index is 0.0135. The van der Waals surface area contributed by atoms with Crippen LogP contribution in [0.15, 0.2) is 6.20 Å². The van der Waals surface area contributed by atoms with Crippen LogP contribution in [-0.2, 0) is 11.2 Å². The Hall–Kier alpha value is -2.09. The third-order valence-corrected chi connectivity index (χ3v) is 1.52. The molecular formula is C9H9N3O2. The Labute approximate surface area is 81.3 Å². The molecule has 1 heterocycles. The zero-order chi connectivity index (χ0) is 10.6. The molecule has 0 unspecified atom stereocenters. The highest BCUT2D eigenvalue weighted by atomic mass is 16.5. The standard InChI is InChI=1S/C9H9N3O2/c1-3-9-11-5-7(14-2)6(12-9)4-8(10)13/h1,5H,4H2,2H3,(H2,10,13). The molecule has 0 saturated heterocycles. The van der Waals surface area contributed by atoms with Gasteiger partial charge in [-0.25, -0.2) is 9.97 Å². The van der Waals surface area contributed by atoms with E-state index in [1.54, 1.807) is 0 Å². The van der Waals surface area contributed by atoms with Gasteiger partial charge in [0.25, 0.3) is 0 Å². The number of amides is 1. The highest BCUT2D eigenvalue weighted by molar-refractivity contribution is 5.76. The third kappa shape index (κ3) is 2.20. The van der Waals surface area contributed by atoms with Crippen molar-refractivity contribution in [3.05, 3.63) is 17.7 Å². The molecule has 14 heavy (non-hydrogen) atoms. The average molecular weight is 191 g/mol. The summed E-state index contributed by atoms with van der Waals surface area (Å²) >= 11 is 0. The maximum absolute atomic E-state index is 10.7. The maximum atomic E-state index is 10.7. The maximum Gasteiger partial charge on any atom is 0.223 e. The van der Waals surface area contributed by atoms with Gasteiger partial charge in [-0.05, 0) is 5.92 Å². The fourth-order valence-corrected chi connectivity index (χ4v) is 0.938. The van der Waals surface area contributed by atoms with Crippen molar-refractivity contribution in [2.24, 2.45) is 5.73 Å². The zero-order valence-corrected chi connectivity index (χ0v) is 7.65. The van der Waals surface area contributed by atoms with E-state index in [1.807, 2.05) is 0 Å². The predicted octanol–water partition coefficient (Wildman–Crippen LogP) is -0.506. The SMILES string of the molecule is C#Cc1ncc(OC)c(CC(N)=O)n1. The van der Waals surface area contributed by atoms with Crippen molar-refractivity contribution in [2.45, 2.75) is 6.42 Å². The van der Waals surface area contributed by atoms with E-state index in [4.69, 9.17) is 16.9 Å². The van der Waals surface area contributed by atoms with Crippen LogP contribution in [0.4, 0.5) is 0 Å². The minimum atomic E-state index is -0.495. The van der Waals surface area contributed by atoms with Crippen LogP contribution in [-0.4, -0.2) is 23.0 Å². The van der Waals surface area contributed by atoms with Gasteiger partial charge < -0.3 is 10.5 Å². The molecule has 0 aliphatic carbocycles. The molecular weight excluding hydrogens is 182 g/mol. The first-order valence-corrected chi connectivity index (χ1v) is 3.82. The van der Waals surface area contributed by atoms with E-state index in [0.29, 0.717) is 11.4 Å². The van der Waals surface area contributed by atoms with Gasteiger partial charge in [0.05, 0.1) is 25.4 Å². The van der Waals surface area contributed by atoms with Gasteiger partial charge in [-0.15, -0.1) is 6.42 Å². The molecule has 1 rings (SSSR count). The van der Waals surface area contributed by atoms with Gasteiger partial charge in [-0.2, -0.15) is 0 Å². The lowest BCUT2D eigenvalue weighted by Gasteiger charge is -2.04. The average Bonchev–Trinajstić information content (AvgIpc) is 2.16. The number of methoxy groups -OCH3 is 1. The van der Waals surface area contributed by atoms with Crippen molar-refractivity contribution in [1.29, 1.82) is 0 Å². The molecule has 1 aromatic heterocycles. The summed E-state index contributed by atoms with van der Waals surface area (Å²) in [6.45, 7) is 0. The first-order valence-electron chi connectivity index (χ1n) is 3.82. The fourth-order valence-electron chi connectivity index (χ4n) is 0.938. The second-order valence-corrected chi connectivity index (χ2v) is 2.50. The number of ether oxygens (including phenoxy) is 1.